The van der Waals surface area contributed by atoms with Gasteiger partial charge >= 0.3 is 0 Å². The Morgan fingerprint density at radius 2 is 1.78 bits per heavy atom. The molecule has 4 heteroatoms. The molecule has 3 nitrogen and oxygen atoms in total. The summed E-state index contributed by atoms with van der Waals surface area (Å²) in [4.78, 5) is 2.49. The minimum atomic E-state index is -1.79. The van der Waals surface area contributed by atoms with Crippen LogP contribution in [0.2, 0.25) is 18.1 Å². The van der Waals surface area contributed by atoms with E-state index in [2.05, 4.69) is 76.0 Å². The predicted molar refractivity (Wildman–Crippen MR) is 99.2 cm³/mol. The SMILES string of the molecule is CO[C@H]1C(C)N(Cc2ccccc2)C[C@@H]1O[Si](C)(C)C(C)(C)C. The molecule has 1 heterocycles. The highest BCUT2D eigenvalue weighted by Crippen LogP contribution is 2.39. The third-order valence-electron chi connectivity index (χ3n) is 5.59. The van der Waals surface area contributed by atoms with Crippen molar-refractivity contribution in [2.75, 3.05) is 13.7 Å². The Morgan fingerprint density at radius 1 is 1.17 bits per heavy atom. The van der Waals surface area contributed by atoms with Gasteiger partial charge in [0.15, 0.2) is 8.32 Å². The second-order valence-corrected chi connectivity index (χ2v) is 13.0. The summed E-state index contributed by atoms with van der Waals surface area (Å²) >= 11 is 0. The van der Waals surface area contributed by atoms with Gasteiger partial charge in [-0.05, 0) is 30.6 Å². The van der Waals surface area contributed by atoms with Crippen LogP contribution in [0.4, 0.5) is 0 Å². The molecule has 1 fully saturated rings. The molecule has 0 radical (unpaired) electrons. The lowest BCUT2D eigenvalue weighted by molar-refractivity contribution is 0.0103. The third-order valence-corrected chi connectivity index (χ3v) is 10.1. The van der Waals surface area contributed by atoms with Crippen LogP contribution in [0.25, 0.3) is 0 Å². The fourth-order valence-corrected chi connectivity index (χ4v) is 4.37. The Labute approximate surface area is 143 Å². The summed E-state index contributed by atoms with van der Waals surface area (Å²) in [6.07, 6.45) is 0.312. The fourth-order valence-electron chi connectivity index (χ4n) is 3.05. The highest BCUT2D eigenvalue weighted by atomic mass is 28.4. The van der Waals surface area contributed by atoms with Crippen LogP contribution < -0.4 is 0 Å². The van der Waals surface area contributed by atoms with Crippen molar-refractivity contribution in [3.8, 4) is 0 Å². The van der Waals surface area contributed by atoms with Crippen molar-refractivity contribution in [1.82, 2.24) is 4.90 Å². The molecule has 130 valence electrons. The van der Waals surface area contributed by atoms with Crippen LogP contribution in [0.5, 0.6) is 0 Å². The molecule has 1 unspecified atom stereocenters. The smallest absolute Gasteiger partial charge is 0.192 e. The average Bonchev–Trinajstić information content (AvgIpc) is 2.73. The monoisotopic (exact) mass is 335 g/mol. The number of hydrogen-bond donors (Lipinski definition) is 0. The Hall–Kier alpha value is -0.683. The first kappa shape index (κ1) is 18.7. The van der Waals surface area contributed by atoms with E-state index in [1.807, 2.05) is 7.11 Å². The quantitative estimate of drug-likeness (QED) is 0.749. The molecule has 0 bridgehead atoms. The minimum absolute atomic E-state index is 0.146. The molecule has 3 atom stereocenters. The van der Waals surface area contributed by atoms with E-state index < -0.39 is 8.32 Å². The summed E-state index contributed by atoms with van der Waals surface area (Å²) in [5.41, 5.74) is 1.35. The van der Waals surface area contributed by atoms with Gasteiger partial charge < -0.3 is 9.16 Å². The van der Waals surface area contributed by atoms with E-state index in [0.717, 1.165) is 13.1 Å². The zero-order chi connectivity index (χ0) is 17.3. The van der Waals surface area contributed by atoms with Gasteiger partial charge in [0.1, 0.15) is 0 Å². The highest BCUT2D eigenvalue weighted by molar-refractivity contribution is 6.74. The third kappa shape index (κ3) is 4.24. The molecule has 1 aromatic carbocycles. The van der Waals surface area contributed by atoms with Gasteiger partial charge in [-0.1, -0.05) is 51.1 Å². The molecular formula is C19H33NO2Si. The first-order valence-corrected chi connectivity index (χ1v) is 11.5. The molecule has 23 heavy (non-hydrogen) atoms. The van der Waals surface area contributed by atoms with Gasteiger partial charge in [0, 0.05) is 26.2 Å². The van der Waals surface area contributed by atoms with Gasteiger partial charge in [0.2, 0.25) is 0 Å². The maximum Gasteiger partial charge on any atom is 0.192 e. The Kier molecular flexibility index (Phi) is 5.72. The van der Waals surface area contributed by atoms with Crippen LogP contribution in [0.3, 0.4) is 0 Å². The van der Waals surface area contributed by atoms with E-state index in [0.29, 0.717) is 6.04 Å². The molecule has 2 rings (SSSR count). The Bertz CT molecular complexity index is 498. The molecule has 1 aliphatic rings. The van der Waals surface area contributed by atoms with E-state index in [-0.39, 0.29) is 17.2 Å². The number of nitrogens with zero attached hydrogens (tertiary/aromatic N) is 1. The van der Waals surface area contributed by atoms with Crippen molar-refractivity contribution in [3.63, 3.8) is 0 Å². The minimum Gasteiger partial charge on any atom is -0.410 e. The van der Waals surface area contributed by atoms with E-state index in [4.69, 9.17) is 9.16 Å². The molecule has 0 aliphatic carbocycles. The van der Waals surface area contributed by atoms with Crippen molar-refractivity contribution in [2.45, 2.75) is 70.6 Å². The fraction of sp³-hybridized carbons (Fsp3) is 0.684. The number of benzene rings is 1. The summed E-state index contributed by atoms with van der Waals surface area (Å²) < 4.78 is 12.5. The number of ether oxygens (including phenoxy) is 1. The average molecular weight is 336 g/mol. The largest absolute Gasteiger partial charge is 0.410 e. The molecule has 1 aliphatic heterocycles. The van der Waals surface area contributed by atoms with Crippen molar-refractivity contribution in [3.05, 3.63) is 35.9 Å². The second-order valence-electron chi connectivity index (χ2n) is 8.27. The van der Waals surface area contributed by atoms with Crippen LogP contribution in [-0.4, -0.2) is 45.1 Å². The number of rotatable bonds is 5. The van der Waals surface area contributed by atoms with Gasteiger partial charge in [-0.2, -0.15) is 0 Å². The Balaban J connectivity index is 2.10. The molecule has 1 aromatic rings. The van der Waals surface area contributed by atoms with Crippen LogP contribution >= 0.6 is 0 Å². The summed E-state index contributed by atoms with van der Waals surface area (Å²) in [6, 6.07) is 11.0. The summed E-state index contributed by atoms with van der Waals surface area (Å²) in [7, 11) is 0.0288. The summed E-state index contributed by atoms with van der Waals surface area (Å²) in [6.45, 7) is 15.7. The molecule has 1 saturated heterocycles. The Morgan fingerprint density at radius 3 is 2.30 bits per heavy atom. The van der Waals surface area contributed by atoms with Crippen molar-refractivity contribution >= 4 is 8.32 Å². The first-order chi connectivity index (χ1) is 10.7. The van der Waals surface area contributed by atoms with Gasteiger partial charge in [0.25, 0.3) is 0 Å². The molecule has 0 saturated carbocycles. The predicted octanol–water partition coefficient (Wildman–Crippen LogP) is 4.30. The van der Waals surface area contributed by atoms with Gasteiger partial charge in [-0.3, -0.25) is 4.90 Å². The van der Waals surface area contributed by atoms with Crippen molar-refractivity contribution < 1.29 is 9.16 Å². The van der Waals surface area contributed by atoms with Crippen LogP contribution in [0.15, 0.2) is 30.3 Å². The van der Waals surface area contributed by atoms with Crippen LogP contribution in [0, 0.1) is 0 Å². The summed E-state index contributed by atoms with van der Waals surface area (Å²) in [5.74, 6) is 0. The number of likely N-dealkylation sites (tertiary alicyclic amines) is 1. The zero-order valence-corrected chi connectivity index (χ0v) is 16.8. The lowest BCUT2D eigenvalue weighted by Gasteiger charge is -2.39. The van der Waals surface area contributed by atoms with E-state index in [1.165, 1.54) is 5.56 Å². The first-order valence-electron chi connectivity index (χ1n) is 8.64. The zero-order valence-electron chi connectivity index (χ0n) is 15.8. The maximum atomic E-state index is 6.68. The second kappa shape index (κ2) is 7.05. The summed E-state index contributed by atoms with van der Waals surface area (Å²) in [5, 5.41) is 0.224. The lowest BCUT2D eigenvalue weighted by Crippen LogP contribution is -2.47. The van der Waals surface area contributed by atoms with Gasteiger partial charge in [-0.15, -0.1) is 0 Å². The molecule has 0 spiro atoms. The molecule has 0 aromatic heterocycles. The van der Waals surface area contributed by atoms with E-state index >= 15 is 0 Å². The molecule has 0 amide bonds. The van der Waals surface area contributed by atoms with Crippen molar-refractivity contribution in [1.29, 1.82) is 0 Å². The van der Waals surface area contributed by atoms with E-state index in [9.17, 15) is 0 Å². The maximum absolute atomic E-state index is 6.68. The molecular weight excluding hydrogens is 302 g/mol. The standard InChI is InChI=1S/C19H33NO2Si/c1-15-18(21-5)17(22-23(6,7)19(2,3)4)14-20(15)13-16-11-9-8-10-12-16/h8-12,15,17-18H,13-14H2,1-7H3/t15?,17-,18-/m0/s1. The van der Waals surface area contributed by atoms with Crippen LogP contribution in [-0.2, 0) is 15.7 Å². The normalized spacial score (nSPS) is 26.7. The van der Waals surface area contributed by atoms with Gasteiger partial charge in [0.05, 0.1) is 12.2 Å². The van der Waals surface area contributed by atoms with Crippen molar-refractivity contribution in [2.24, 2.45) is 0 Å². The highest BCUT2D eigenvalue weighted by Gasteiger charge is 2.46. The molecule has 0 N–H and O–H groups in total. The number of hydrogen-bond acceptors (Lipinski definition) is 3. The van der Waals surface area contributed by atoms with Crippen LogP contribution in [0.1, 0.15) is 33.3 Å². The van der Waals surface area contributed by atoms with E-state index in [1.54, 1.807) is 0 Å². The number of methoxy groups -OCH3 is 1. The topological polar surface area (TPSA) is 21.7 Å². The lowest BCUT2D eigenvalue weighted by atomic mass is 10.1. The van der Waals surface area contributed by atoms with Gasteiger partial charge in [-0.25, -0.2) is 0 Å².